The molecule has 2 fully saturated rings. The Morgan fingerprint density at radius 2 is 1.85 bits per heavy atom. The first-order valence-corrected chi connectivity index (χ1v) is 12.1. The summed E-state index contributed by atoms with van der Waals surface area (Å²) in [6.45, 7) is 3.52. The zero-order chi connectivity index (χ0) is 23.8. The Morgan fingerprint density at radius 3 is 2.59 bits per heavy atom. The monoisotopic (exact) mass is 466 g/mol. The Balaban J connectivity index is 1.17. The van der Waals surface area contributed by atoms with Gasteiger partial charge >= 0.3 is 0 Å². The van der Waals surface area contributed by atoms with E-state index in [0.717, 1.165) is 68.8 Å². The standard InChI is InChI=1S/C25H31FN6O2/c1-15-21-22(32-13-3-4-20(32)24(34)31(21)2)30-25(28-15)27-14-16-5-7-17(8-6-16)23(33)29-19-11-9-18(26)10-12-19/h9-12,16-17,20H,3-8,13-14H2,1-2H3,(H,29,33)(H,27,28,30)/t16-,17-,20-/m0/s1. The van der Waals surface area contributed by atoms with Crippen molar-refractivity contribution < 1.29 is 14.0 Å². The van der Waals surface area contributed by atoms with Gasteiger partial charge < -0.3 is 20.4 Å². The van der Waals surface area contributed by atoms with Gasteiger partial charge in [0.1, 0.15) is 17.5 Å². The molecule has 2 amide bonds. The molecule has 1 aromatic carbocycles. The first-order chi connectivity index (χ1) is 16.4. The van der Waals surface area contributed by atoms with E-state index in [1.54, 1.807) is 17.0 Å². The maximum Gasteiger partial charge on any atom is 0.249 e. The smallest absolute Gasteiger partial charge is 0.249 e. The number of aryl methyl sites for hydroxylation is 1. The van der Waals surface area contributed by atoms with Gasteiger partial charge in [-0.1, -0.05) is 0 Å². The summed E-state index contributed by atoms with van der Waals surface area (Å²) in [6.07, 6.45) is 5.41. The number of aromatic nitrogens is 2. The lowest BCUT2D eigenvalue weighted by Gasteiger charge is -2.37. The van der Waals surface area contributed by atoms with Crippen molar-refractivity contribution in [3.8, 4) is 0 Å². The summed E-state index contributed by atoms with van der Waals surface area (Å²) in [5, 5.41) is 6.31. The molecule has 0 radical (unpaired) electrons. The maximum absolute atomic E-state index is 13.1. The minimum Gasteiger partial charge on any atom is -0.354 e. The van der Waals surface area contributed by atoms with Crippen LogP contribution in [0.25, 0.3) is 0 Å². The number of amides is 2. The predicted octanol–water partition coefficient (Wildman–Crippen LogP) is 3.73. The van der Waals surface area contributed by atoms with E-state index in [0.29, 0.717) is 17.6 Å². The molecule has 1 aliphatic carbocycles. The van der Waals surface area contributed by atoms with Crippen molar-refractivity contribution in [3.05, 3.63) is 35.8 Å². The number of fused-ring (bicyclic) bond motifs is 3. The van der Waals surface area contributed by atoms with Gasteiger partial charge in [-0.3, -0.25) is 9.59 Å². The van der Waals surface area contributed by atoms with Gasteiger partial charge in [-0.2, -0.15) is 4.98 Å². The quantitative estimate of drug-likeness (QED) is 0.698. The van der Waals surface area contributed by atoms with Gasteiger partial charge in [0, 0.05) is 31.7 Å². The topological polar surface area (TPSA) is 90.5 Å². The molecule has 3 heterocycles. The second kappa shape index (κ2) is 9.19. The predicted molar refractivity (Wildman–Crippen MR) is 130 cm³/mol. The fourth-order valence-corrected chi connectivity index (χ4v) is 5.48. The van der Waals surface area contributed by atoms with Crippen LogP contribution in [-0.4, -0.2) is 48.0 Å². The zero-order valence-electron chi connectivity index (χ0n) is 19.7. The fraction of sp³-hybridized carbons (Fsp3) is 0.520. The number of carbonyl (C=O) groups is 2. The minimum atomic E-state index is -0.315. The molecule has 5 rings (SSSR count). The average molecular weight is 467 g/mol. The van der Waals surface area contributed by atoms with Crippen LogP contribution in [0.2, 0.25) is 0 Å². The van der Waals surface area contributed by atoms with Gasteiger partial charge in [-0.05, 0) is 75.6 Å². The van der Waals surface area contributed by atoms with E-state index in [1.165, 1.54) is 12.1 Å². The number of anilines is 4. The van der Waals surface area contributed by atoms with Gasteiger partial charge in [-0.25, -0.2) is 9.37 Å². The maximum atomic E-state index is 13.1. The van der Waals surface area contributed by atoms with Crippen LogP contribution in [0.5, 0.6) is 0 Å². The molecular weight excluding hydrogens is 435 g/mol. The molecular formula is C25H31FN6O2. The van der Waals surface area contributed by atoms with Crippen molar-refractivity contribution in [1.82, 2.24) is 9.97 Å². The highest BCUT2D eigenvalue weighted by atomic mass is 19.1. The van der Waals surface area contributed by atoms with Gasteiger partial charge in [0.25, 0.3) is 0 Å². The first-order valence-electron chi connectivity index (χ1n) is 12.1. The van der Waals surface area contributed by atoms with Crippen molar-refractivity contribution in [3.63, 3.8) is 0 Å². The van der Waals surface area contributed by atoms with Crippen molar-refractivity contribution in [2.24, 2.45) is 11.8 Å². The summed E-state index contributed by atoms with van der Waals surface area (Å²) in [5.74, 6) is 1.68. The van der Waals surface area contributed by atoms with E-state index in [-0.39, 0.29) is 29.6 Å². The molecule has 3 aliphatic rings. The summed E-state index contributed by atoms with van der Waals surface area (Å²) < 4.78 is 13.1. The van der Waals surface area contributed by atoms with E-state index in [4.69, 9.17) is 4.98 Å². The van der Waals surface area contributed by atoms with Gasteiger partial charge in [0.05, 0.1) is 5.69 Å². The van der Waals surface area contributed by atoms with Crippen LogP contribution in [0, 0.1) is 24.6 Å². The second-order valence-electron chi connectivity index (χ2n) is 9.65. The highest BCUT2D eigenvalue weighted by Gasteiger charge is 2.41. The number of likely N-dealkylation sites (N-methyl/N-ethyl adjacent to an activating group) is 1. The van der Waals surface area contributed by atoms with E-state index >= 15 is 0 Å². The lowest BCUT2D eigenvalue weighted by molar-refractivity contribution is -0.121. The van der Waals surface area contributed by atoms with Crippen LogP contribution in [-0.2, 0) is 9.59 Å². The lowest BCUT2D eigenvalue weighted by atomic mass is 9.81. The van der Waals surface area contributed by atoms with Gasteiger partial charge in [-0.15, -0.1) is 0 Å². The number of nitrogens with one attached hydrogen (secondary N) is 2. The molecule has 8 nitrogen and oxygen atoms in total. The normalized spacial score (nSPS) is 24.0. The Labute approximate surface area is 198 Å². The molecule has 1 aromatic heterocycles. The highest BCUT2D eigenvalue weighted by Crippen LogP contribution is 2.40. The second-order valence-corrected chi connectivity index (χ2v) is 9.65. The summed E-state index contributed by atoms with van der Waals surface area (Å²) in [5.41, 5.74) is 2.24. The van der Waals surface area contributed by atoms with E-state index in [9.17, 15) is 14.0 Å². The minimum absolute atomic E-state index is 0.00509. The largest absolute Gasteiger partial charge is 0.354 e. The molecule has 2 aliphatic heterocycles. The summed E-state index contributed by atoms with van der Waals surface area (Å²) >= 11 is 0. The van der Waals surface area contributed by atoms with Crippen molar-refractivity contribution in [1.29, 1.82) is 0 Å². The molecule has 180 valence electrons. The Hall–Kier alpha value is -3.23. The molecule has 1 saturated heterocycles. The lowest BCUT2D eigenvalue weighted by Crippen LogP contribution is -2.49. The fourth-order valence-electron chi connectivity index (χ4n) is 5.48. The third-order valence-corrected chi connectivity index (χ3v) is 7.39. The van der Waals surface area contributed by atoms with E-state index in [2.05, 4.69) is 20.5 Å². The molecule has 2 aromatic rings. The van der Waals surface area contributed by atoms with E-state index in [1.807, 2.05) is 14.0 Å². The molecule has 0 spiro atoms. The van der Waals surface area contributed by atoms with Crippen molar-refractivity contribution in [2.75, 3.05) is 40.6 Å². The Bertz CT molecular complexity index is 1080. The molecule has 9 heteroatoms. The molecule has 2 N–H and O–H groups in total. The average Bonchev–Trinajstić information content (AvgIpc) is 3.33. The number of hydrogen-bond donors (Lipinski definition) is 2. The van der Waals surface area contributed by atoms with Crippen LogP contribution in [0.3, 0.4) is 0 Å². The van der Waals surface area contributed by atoms with Gasteiger partial charge in [0.2, 0.25) is 17.8 Å². The number of halogens is 1. The number of carbonyl (C=O) groups excluding carboxylic acids is 2. The van der Waals surface area contributed by atoms with Crippen LogP contribution >= 0.6 is 0 Å². The zero-order valence-corrected chi connectivity index (χ0v) is 19.7. The third-order valence-electron chi connectivity index (χ3n) is 7.39. The van der Waals surface area contributed by atoms with Gasteiger partial charge in [0.15, 0.2) is 5.82 Å². The summed E-state index contributed by atoms with van der Waals surface area (Å²) in [6, 6.07) is 5.75. The molecule has 1 atom stereocenters. The van der Waals surface area contributed by atoms with Crippen molar-refractivity contribution in [2.45, 2.75) is 51.5 Å². The van der Waals surface area contributed by atoms with E-state index < -0.39 is 0 Å². The SMILES string of the molecule is Cc1nc(NC[C@H]2CC[C@H](C(=O)Nc3ccc(F)cc3)CC2)nc2c1N(C)C(=O)[C@@H]1CCCN21. The number of benzene rings is 1. The van der Waals surface area contributed by atoms with Crippen molar-refractivity contribution >= 4 is 35.0 Å². The summed E-state index contributed by atoms with van der Waals surface area (Å²) in [4.78, 5) is 38.5. The van der Waals surface area contributed by atoms with Crippen LogP contribution in [0.15, 0.2) is 24.3 Å². The Morgan fingerprint density at radius 1 is 1.12 bits per heavy atom. The van der Waals surface area contributed by atoms with Crippen LogP contribution < -0.4 is 20.4 Å². The number of rotatable bonds is 5. The van der Waals surface area contributed by atoms with Crippen LogP contribution in [0.4, 0.5) is 27.5 Å². The van der Waals surface area contributed by atoms with Crippen LogP contribution in [0.1, 0.15) is 44.2 Å². The molecule has 0 unspecified atom stereocenters. The highest BCUT2D eigenvalue weighted by molar-refractivity contribution is 6.05. The first kappa shape index (κ1) is 22.6. The molecule has 0 bridgehead atoms. The third kappa shape index (κ3) is 4.31. The number of hydrogen-bond acceptors (Lipinski definition) is 6. The number of nitrogens with zero attached hydrogens (tertiary/aromatic N) is 4. The molecule has 1 saturated carbocycles. The summed E-state index contributed by atoms with van der Waals surface area (Å²) in [7, 11) is 1.81. The molecule has 34 heavy (non-hydrogen) atoms. The Kier molecular flexibility index (Phi) is 6.10.